The number of rotatable bonds is 2. The maximum atomic E-state index is 13.7. The van der Waals surface area contributed by atoms with E-state index in [1.54, 1.807) is 24.4 Å². The van der Waals surface area contributed by atoms with Crippen molar-refractivity contribution in [3.8, 4) is 0 Å². The number of hydroxylamine groups is 1. The van der Waals surface area contributed by atoms with E-state index in [1.165, 1.54) is 0 Å². The first-order valence-corrected chi connectivity index (χ1v) is 8.97. The molecule has 1 aliphatic rings. The molecule has 1 aliphatic heterocycles. The first-order valence-electron chi connectivity index (χ1n) is 8.59. The number of para-hydroxylation sites is 1. The van der Waals surface area contributed by atoms with Crippen LogP contribution in [0.1, 0.15) is 21.5 Å². The zero-order valence-corrected chi connectivity index (χ0v) is 14.9. The molecule has 4 nitrogen and oxygen atoms in total. The number of benzene rings is 3. The normalized spacial score (nSPS) is 18.9. The molecule has 0 fully saturated rings. The van der Waals surface area contributed by atoms with Crippen molar-refractivity contribution in [2.45, 2.75) is 5.54 Å². The van der Waals surface area contributed by atoms with Gasteiger partial charge in [0, 0.05) is 33.2 Å². The van der Waals surface area contributed by atoms with Crippen molar-refractivity contribution >= 4 is 34.0 Å². The number of anilines is 1. The molecule has 27 heavy (non-hydrogen) atoms. The third-order valence-electron chi connectivity index (χ3n) is 5.25. The molecule has 0 radical (unpaired) electrons. The lowest BCUT2D eigenvalue weighted by Gasteiger charge is -2.34. The molecule has 0 spiro atoms. The van der Waals surface area contributed by atoms with Gasteiger partial charge in [-0.25, -0.2) is 5.06 Å². The summed E-state index contributed by atoms with van der Waals surface area (Å²) in [6.45, 7) is 0. The number of nitrogens with zero attached hydrogens (tertiary/aromatic N) is 1. The summed E-state index contributed by atoms with van der Waals surface area (Å²) >= 11 is 6.14. The fourth-order valence-corrected chi connectivity index (χ4v) is 4.21. The second-order valence-electron chi connectivity index (χ2n) is 6.63. The van der Waals surface area contributed by atoms with Gasteiger partial charge in [-0.1, -0.05) is 60.1 Å². The Labute approximate surface area is 160 Å². The Morgan fingerprint density at radius 3 is 2.52 bits per heavy atom. The Hall–Kier alpha value is -3.08. The van der Waals surface area contributed by atoms with Crippen LogP contribution in [0.25, 0.3) is 10.9 Å². The number of aromatic amines is 1. The molecule has 5 rings (SSSR count). The lowest BCUT2D eigenvalue weighted by atomic mass is 9.79. The Balaban J connectivity index is 1.88. The number of hydrogen-bond acceptors (Lipinski definition) is 3. The van der Waals surface area contributed by atoms with E-state index in [4.69, 9.17) is 11.6 Å². The molecule has 2 N–H and O–H groups in total. The Morgan fingerprint density at radius 1 is 0.963 bits per heavy atom. The topological polar surface area (TPSA) is 56.3 Å². The molecule has 5 heteroatoms. The Bertz CT molecular complexity index is 1190. The maximum Gasteiger partial charge on any atom is 0.202 e. The minimum absolute atomic E-state index is 0.187. The molecular formula is C22H15ClN2O2. The highest BCUT2D eigenvalue weighted by Gasteiger charge is 2.55. The molecule has 0 amide bonds. The number of fused-ring (bicyclic) bond motifs is 2. The summed E-state index contributed by atoms with van der Waals surface area (Å²) in [6.07, 6.45) is 1.80. The van der Waals surface area contributed by atoms with Gasteiger partial charge in [-0.2, -0.15) is 0 Å². The minimum atomic E-state index is -1.38. The lowest BCUT2D eigenvalue weighted by Crippen LogP contribution is -2.47. The largest absolute Gasteiger partial charge is 0.361 e. The van der Waals surface area contributed by atoms with E-state index in [-0.39, 0.29) is 5.78 Å². The number of aromatic nitrogens is 1. The second-order valence-corrected chi connectivity index (χ2v) is 7.06. The molecule has 0 bridgehead atoms. The van der Waals surface area contributed by atoms with Gasteiger partial charge in [0.15, 0.2) is 5.54 Å². The zero-order chi connectivity index (χ0) is 18.6. The molecule has 132 valence electrons. The van der Waals surface area contributed by atoms with Crippen LogP contribution >= 0.6 is 11.6 Å². The van der Waals surface area contributed by atoms with Gasteiger partial charge < -0.3 is 4.98 Å². The molecule has 2 heterocycles. The van der Waals surface area contributed by atoms with E-state index in [9.17, 15) is 10.0 Å². The number of halogens is 1. The van der Waals surface area contributed by atoms with Gasteiger partial charge in [-0.3, -0.25) is 10.0 Å². The SMILES string of the molecule is O=C1c2ccc(Cl)cc2N(O)C1(c1ccccc1)c1c[nH]c2ccccc12. The summed E-state index contributed by atoms with van der Waals surface area (Å²) in [5.41, 5.74) is 1.75. The summed E-state index contributed by atoms with van der Waals surface area (Å²) < 4.78 is 0. The number of Topliss-reactive ketones (excluding diaryl/α,β-unsaturated/α-hetero) is 1. The fourth-order valence-electron chi connectivity index (χ4n) is 4.04. The van der Waals surface area contributed by atoms with Crippen molar-refractivity contribution in [2.24, 2.45) is 0 Å². The molecule has 0 aliphatic carbocycles. The molecule has 0 saturated heterocycles. The standard InChI is InChI=1S/C22H15ClN2O2/c23-15-10-11-17-20(12-15)25(27)22(21(17)26,14-6-2-1-3-7-14)18-13-24-19-9-5-4-8-16(18)19/h1-13,24,27H. The van der Waals surface area contributed by atoms with Crippen LogP contribution in [0.2, 0.25) is 5.02 Å². The van der Waals surface area contributed by atoms with Crippen LogP contribution in [0, 0.1) is 0 Å². The van der Waals surface area contributed by atoms with Crippen molar-refractivity contribution in [3.05, 3.63) is 101 Å². The van der Waals surface area contributed by atoms with Crippen molar-refractivity contribution in [1.29, 1.82) is 0 Å². The van der Waals surface area contributed by atoms with Gasteiger partial charge in [0.05, 0.1) is 5.69 Å². The highest BCUT2D eigenvalue weighted by molar-refractivity contribution is 6.31. The number of carbonyl (C=O) groups is 1. The van der Waals surface area contributed by atoms with Crippen LogP contribution in [0.4, 0.5) is 5.69 Å². The number of hydrogen-bond donors (Lipinski definition) is 2. The average molecular weight is 375 g/mol. The van der Waals surface area contributed by atoms with E-state index >= 15 is 0 Å². The van der Waals surface area contributed by atoms with Gasteiger partial charge in [0.25, 0.3) is 0 Å². The monoisotopic (exact) mass is 374 g/mol. The zero-order valence-electron chi connectivity index (χ0n) is 14.2. The van der Waals surface area contributed by atoms with Crippen LogP contribution < -0.4 is 5.06 Å². The van der Waals surface area contributed by atoms with E-state index in [1.807, 2.05) is 54.6 Å². The van der Waals surface area contributed by atoms with Crippen LogP contribution in [-0.2, 0) is 5.54 Å². The summed E-state index contributed by atoms with van der Waals surface area (Å²) in [6, 6.07) is 22.0. The molecular weight excluding hydrogens is 360 g/mol. The summed E-state index contributed by atoms with van der Waals surface area (Å²) in [5.74, 6) is -0.187. The molecule has 1 atom stereocenters. The number of ketones is 1. The Kier molecular flexibility index (Phi) is 3.41. The van der Waals surface area contributed by atoms with E-state index < -0.39 is 5.54 Å². The number of nitrogens with one attached hydrogen (secondary N) is 1. The number of carbonyl (C=O) groups excluding carboxylic acids is 1. The quantitative estimate of drug-likeness (QED) is 0.509. The highest BCUT2D eigenvalue weighted by atomic mass is 35.5. The van der Waals surface area contributed by atoms with Crippen molar-refractivity contribution in [2.75, 3.05) is 5.06 Å². The minimum Gasteiger partial charge on any atom is -0.361 e. The lowest BCUT2D eigenvalue weighted by molar-refractivity contribution is 0.0846. The van der Waals surface area contributed by atoms with Gasteiger partial charge >= 0.3 is 0 Å². The van der Waals surface area contributed by atoms with Crippen LogP contribution in [0.5, 0.6) is 0 Å². The Morgan fingerprint density at radius 2 is 1.70 bits per heavy atom. The molecule has 4 aromatic rings. The van der Waals surface area contributed by atoms with Crippen LogP contribution in [0.3, 0.4) is 0 Å². The molecule has 3 aromatic carbocycles. The second kappa shape index (κ2) is 5.71. The van der Waals surface area contributed by atoms with Crippen molar-refractivity contribution < 1.29 is 10.0 Å². The first-order chi connectivity index (χ1) is 13.1. The van der Waals surface area contributed by atoms with Gasteiger partial charge in [-0.15, -0.1) is 0 Å². The van der Waals surface area contributed by atoms with Gasteiger partial charge in [-0.05, 0) is 29.8 Å². The first kappa shape index (κ1) is 16.1. The predicted octanol–water partition coefficient (Wildman–Crippen LogP) is 5.16. The van der Waals surface area contributed by atoms with Crippen LogP contribution in [0.15, 0.2) is 79.0 Å². The molecule has 1 unspecified atom stereocenters. The average Bonchev–Trinajstić information content (AvgIpc) is 3.21. The van der Waals surface area contributed by atoms with Crippen molar-refractivity contribution in [1.82, 2.24) is 4.98 Å². The smallest absolute Gasteiger partial charge is 0.202 e. The molecule has 1 aromatic heterocycles. The maximum absolute atomic E-state index is 13.7. The predicted molar refractivity (Wildman–Crippen MR) is 106 cm³/mol. The van der Waals surface area contributed by atoms with Crippen LogP contribution in [-0.4, -0.2) is 16.0 Å². The van der Waals surface area contributed by atoms with E-state index in [0.29, 0.717) is 27.4 Å². The van der Waals surface area contributed by atoms with Gasteiger partial charge in [0.1, 0.15) is 0 Å². The van der Waals surface area contributed by atoms with E-state index in [2.05, 4.69) is 4.98 Å². The third kappa shape index (κ3) is 2.05. The summed E-state index contributed by atoms with van der Waals surface area (Å²) in [5, 5.41) is 13.7. The molecule has 0 saturated carbocycles. The highest BCUT2D eigenvalue weighted by Crippen LogP contribution is 2.50. The summed E-state index contributed by atoms with van der Waals surface area (Å²) in [7, 11) is 0. The van der Waals surface area contributed by atoms with Gasteiger partial charge in [0.2, 0.25) is 5.78 Å². The van der Waals surface area contributed by atoms with Crippen molar-refractivity contribution in [3.63, 3.8) is 0 Å². The van der Waals surface area contributed by atoms with E-state index in [0.717, 1.165) is 16.0 Å². The fraction of sp³-hybridized carbons (Fsp3) is 0.0455. The number of H-pyrrole nitrogens is 1. The summed E-state index contributed by atoms with van der Waals surface area (Å²) in [4.78, 5) is 16.9. The third-order valence-corrected chi connectivity index (χ3v) is 5.48.